The molecule has 5 nitrogen and oxygen atoms in total. The quantitative estimate of drug-likeness (QED) is 0.277. The van der Waals surface area contributed by atoms with E-state index in [0.717, 1.165) is 30.6 Å². The highest BCUT2D eigenvalue weighted by molar-refractivity contribution is 14.1. The molecule has 0 aliphatic rings. The number of amides is 1. The number of nitrogens with zero attached hydrogens (tertiary/aromatic N) is 1. The zero-order chi connectivity index (χ0) is 18.9. The van der Waals surface area contributed by atoms with Gasteiger partial charge in [-0.2, -0.15) is 5.10 Å². The molecule has 0 spiro atoms. The van der Waals surface area contributed by atoms with Crippen molar-refractivity contribution < 1.29 is 14.3 Å². The van der Waals surface area contributed by atoms with Gasteiger partial charge in [-0.3, -0.25) is 4.79 Å². The Balaban J connectivity index is 1.98. The van der Waals surface area contributed by atoms with E-state index in [1.54, 1.807) is 30.5 Å². The fraction of sp³-hybridized carbons (Fsp3) is 0.263. The van der Waals surface area contributed by atoms with Crippen molar-refractivity contribution in [2.45, 2.75) is 20.3 Å². The molecule has 0 aromatic heterocycles. The van der Waals surface area contributed by atoms with Gasteiger partial charge in [0.1, 0.15) is 11.5 Å². The first kappa shape index (κ1) is 20.9. The van der Waals surface area contributed by atoms with Crippen LogP contribution in [0.1, 0.15) is 36.2 Å². The molecule has 0 radical (unpaired) electrons. The summed E-state index contributed by atoms with van der Waals surface area (Å²) >= 11 is 4.46. The number of carbonyl (C=O) groups excluding carboxylic acids is 1. The highest BCUT2D eigenvalue weighted by atomic mass is 127. The average molecular weight is 578 g/mol. The number of nitrogens with one attached hydrogen (secondary N) is 1. The molecule has 1 N–H and O–H groups in total. The Morgan fingerprint density at radius 2 is 1.77 bits per heavy atom. The molecule has 0 atom stereocenters. The molecule has 0 aliphatic heterocycles. The fourth-order valence-corrected chi connectivity index (χ4v) is 4.22. The van der Waals surface area contributed by atoms with Crippen molar-refractivity contribution in [3.8, 4) is 11.5 Å². The van der Waals surface area contributed by atoms with E-state index >= 15 is 0 Å². The van der Waals surface area contributed by atoms with Crippen LogP contribution in [0.2, 0.25) is 0 Å². The van der Waals surface area contributed by atoms with Crippen molar-refractivity contribution in [3.63, 3.8) is 0 Å². The number of carbonyl (C=O) groups is 1. The van der Waals surface area contributed by atoms with Gasteiger partial charge in [-0.05, 0) is 100 Å². The zero-order valence-electron chi connectivity index (χ0n) is 14.6. The maximum Gasteiger partial charge on any atom is 0.271 e. The highest BCUT2D eigenvalue weighted by Gasteiger charge is 2.08. The lowest BCUT2D eigenvalue weighted by Crippen LogP contribution is -2.17. The number of halogens is 2. The third kappa shape index (κ3) is 6.11. The Hall–Kier alpha value is -1.36. The van der Waals surface area contributed by atoms with E-state index in [2.05, 4.69) is 55.7 Å². The maximum atomic E-state index is 12.1. The number of hydrogen-bond donors (Lipinski definition) is 1. The van der Waals surface area contributed by atoms with Crippen LogP contribution in [0.15, 0.2) is 41.5 Å². The van der Waals surface area contributed by atoms with Gasteiger partial charge < -0.3 is 9.47 Å². The average Bonchev–Trinajstić information content (AvgIpc) is 2.63. The van der Waals surface area contributed by atoms with Gasteiger partial charge in [0.25, 0.3) is 5.91 Å². The Kier molecular flexibility index (Phi) is 8.63. The topological polar surface area (TPSA) is 59.9 Å². The molecule has 2 aromatic carbocycles. The zero-order valence-corrected chi connectivity index (χ0v) is 18.9. The van der Waals surface area contributed by atoms with Gasteiger partial charge in [-0.25, -0.2) is 5.43 Å². The summed E-state index contributed by atoms with van der Waals surface area (Å²) in [6, 6.07) is 10.9. The van der Waals surface area contributed by atoms with Gasteiger partial charge in [-0.15, -0.1) is 0 Å². The predicted molar refractivity (Wildman–Crippen MR) is 120 cm³/mol. The minimum absolute atomic E-state index is 0.265. The van der Waals surface area contributed by atoms with Crippen LogP contribution in [0.5, 0.6) is 11.5 Å². The van der Waals surface area contributed by atoms with Gasteiger partial charge in [-0.1, -0.05) is 6.92 Å². The summed E-state index contributed by atoms with van der Waals surface area (Å²) < 4.78 is 13.1. The van der Waals surface area contributed by atoms with E-state index in [4.69, 9.17) is 9.47 Å². The molecule has 2 rings (SSSR count). The molecule has 2 aromatic rings. The van der Waals surface area contributed by atoms with Crippen molar-refractivity contribution in [2.24, 2.45) is 5.10 Å². The maximum absolute atomic E-state index is 12.1. The third-order valence-corrected chi connectivity index (χ3v) is 4.88. The lowest BCUT2D eigenvalue weighted by atomic mass is 10.2. The third-order valence-electron chi connectivity index (χ3n) is 3.28. The number of hydrogen-bond acceptors (Lipinski definition) is 4. The Labute approximate surface area is 180 Å². The molecule has 0 saturated carbocycles. The lowest BCUT2D eigenvalue weighted by Gasteiger charge is -2.09. The molecule has 0 unspecified atom stereocenters. The van der Waals surface area contributed by atoms with Gasteiger partial charge in [0.05, 0.1) is 26.6 Å². The summed E-state index contributed by atoms with van der Waals surface area (Å²) in [5.74, 6) is 1.37. The van der Waals surface area contributed by atoms with E-state index in [0.29, 0.717) is 18.8 Å². The van der Waals surface area contributed by atoms with Crippen LogP contribution in [0.4, 0.5) is 0 Å². The van der Waals surface area contributed by atoms with Crippen molar-refractivity contribution >= 4 is 57.3 Å². The molecule has 0 heterocycles. The molecule has 0 saturated heterocycles. The van der Waals surface area contributed by atoms with Crippen molar-refractivity contribution in [1.82, 2.24) is 5.43 Å². The number of rotatable bonds is 8. The summed E-state index contributed by atoms with van der Waals surface area (Å²) in [7, 11) is 0. The van der Waals surface area contributed by atoms with Gasteiger partial charge in [0.15, 0.2) is 0 Å². The second kappa shape index (κ2) is 10.7. The monoisotopic (exact) mass is 578 g/mol. The number of hydrazone groups is 1. The van der Waals surface area contributed by atoms with Crippen molar-refractivity contribution in [1.29, 1.82) is 0 Å². The van der Waals surface area contributed by atoms with Crippen LogP contribution in [-0.2, 0) is 0 Å². The summed E-state index contributed by atoms with van der Waals surface area (Å²) in [6.07, 6.45) is 2.57. The minimum atomic E-state index is -0.265. The fourth-order valence-electron chi connectivity index (χ4n) is 2.09. The van der Waals surface area contributed by atoms with Crippen molar-refractivity contribution in [2.75, 3.05) is 13.2 Å². The van der Waals surface area contributed by atoms with Crippen LogP contribution < -0.4 is 14.9 Å². The molecule has 26 heavy (non-hydrogen) atoms. The predicted octanol–water partition coefficient (Wildman–Crippen LogP) is 4.85. The Morgan fingerprint density at radius 3 is 2.35 bits per heavy atom. The first-order chi connectivity index (χ1) is 12.5. The van der Waals surface area contributed by atoms with E-state index in [-0.39, 0.29) is 5.91 Å². The summed E-state index contributed by atoms with van der Waals surface area (Å²) in [5, 5.41) is 4.04. The minimum Gasteiger partial charge on any atom is -0.494 e. The molecule has 0 bridgehead atoms. The first-order valence-electron chi connectivity index (χ1n) is 8.23. The normalized spacial score (nSPS) is 10.8. The second-order valence-electron chi connectivity index (χ2n) is 5.32. The summed E-state index contributed by atoms with van der Waals surface area (Å²) in [6.45, 7) is 5.29. The van der Waals surface area contributed by atoms with Crippen LogP contribution >= 0.6 is 45.2 Å². The first-order valence-corrected chi connectivity index (χ1v) is 10.4. The highest BCUT2D eigenvalue weighted by Crippen LogP contribution is 2.28. The van der Waals surface area contributed by atoms with Gasteiger partial charge >= 0.3 is 0 Å². The van der Waals surface area contributed by atoms with Gasteiger partial charge in [0.2, 0.25) is 0 Å². The molecule has 7 heteroatoms. The van der Waals surface area contributed by atoms with Crippen molar-refractivity contribution in [3.05, 3.63) is 54.7 Å². The number of ether oxygens (including phenoxy) is 2. The number of benzene rings is 2. The lowest BCUT2D eigenvalue weighted by molar-refractivity contribution is 0.0955. The van der Waals surface area contributed by atoms with E-state index in [1.807, 2.05) is 26.0 Å². The standard InChI is InChI=1S/C19H20I2N2O3/c1-3-9-26-15-7-5-14(6-8-15)19(24)23-22-12-13-10-16(20)18(25-4-2)17(21)11-13/h5-8,10-12H,3-4,9H2,1-2H3,(H,23,24)/b22-12+. The van der Waals surface area contributed by atoms with E-state index in [9.17, 15) is 4.79 Å². The summed E-state index contributed by atoms with van der Waals surface area (Å²) in [5.41, 5.74) is 3.97. The summed E-state index contributed by atoms with van der Waals surface area (Å²) in [4.78, 5) is 12.1. The van der Waals surface area contributed by atoms with Crippen LogP contribution in [0.25, 0.3) is 0 Å². The molecule has 0 aliphatic carbocycles. The molecule has 138 valence electrons. The molecular formula is C19H20I2N2O3. The molecule has 1 amide bonds. The molecule has 0 fully saturated rings. The SMILES string of the molecule is CCCOc1ccc(C(=O)N/N=C/c2cc(I)c(OCC)c(I)c2)cc1. The largest absolute Gasteiger partial charge is 0.494 e. The Bertz CT molecular complexity index is 754. The smallest absolute Gasteiger partial charge is 0.271 e. The van der Waals surface area contributed by atoms with Gasteiger partial charge in [0, 0.05) is 5.56 Å². The molecular weight excluding hydrogens is 558 g/mol. The second-order valence-corrected chi connectivity index (χ2v) is 7.64. The van der Waals surface area contributed by atoms with E-state index in [1.165, 1.54) is 0 Å². The van der Waals surface area contributed by atoms with Crippen LogP contribution in [-0.4, -0.2) is 25.3 Å². The van der Waals surface area contributed by atoms with E-state index < -0.39 is 0 Å². The van der Waals surface area contributed by atoms with Crippen LogP contribution in [0, 0.1) is 7.14 Å². The Morgan fingerprint density at radius 1 is 1.12 bits per heavy atom. The van der Waals surface area contributed by atoms with Crippen LogP contribution in [0.3, 0.4) is 0 Å².